The van der Waals surface area contributed by atoms with Crippen LogP contribution in [0.25, 0.3) is 45.3 Å². The molecule has 32 heavy (non-hydrogen) atoms. The van der Waals surface area contributed by atoms with Crippen LogP contribution in [0.4, 0.5) is 0 Å². The van der Waals surface area contributed by atoms with Gasteiger partial charge in [-0.05, 0) is 29.3 Å². The van der Waals surface area contributed by atoms with Crippen LogP contribution in [0.15, 0.2) is 109 Å². The normalized spacial score (nSPS) is 10.5. The van der Waals surface area contributed by atoms with E-state index in [1.54, 1.807) is 6.07 Å². The third-order valence-corrected chi connectivity index (χ3v) is 5.15. The van der Waals surface area contributed by atoms with Gasteiger partial charge in [-0.2, -0.15) is 5.26 Å². The number of nitriles is 1. The maximum absolute atomic E-state index is 9.24. The Bertz CT molecular complexity index is 1360. The Hall–Kier alpha value is -4.62. The van der Waals surface area contributed by atoms with Crippen molar-refractivity contribution in [3.8, 4) is 51.4 Å². The van der Waals surface area contributed by atoms with E-state index in [1.807, 2.05) is 97.1 Å². The second-order valence-corrected chi connectivity index (χ2v) is 7.31. The monoisotopic (exact) mass is 410 g/mol. The van der Waals surface area contributed by atoms with E-state index >= 15 is 0 Å². The van der Waals surface area contributed by atoms with E-state index in [9.17, 15) is 5.26 Å². The Labute approximate surface area is 186 Å². The van der Waals surface area contributed by atoms with E-state index < -0.39 is 0 Å². The molecule has 0 aliphatic carbocycles. The molecule has 0 unspecified atom stereocenters. The van der Waals surface area contributed by atoms with Gasteiger partial charge in [-0.25, -0.2) is 15.0 Å². The van der Waals surface area contributed by atoms with Gasteiger partial charge in [0.05, 0.1) is 11.6 Å². The molecule has 0 fully saturated rings. The first-order valence-electron chi connectivity index (χ1n) is 10.3. The molecule has 5 aromatic rings. The van der Waals surface area contributed by atoms with Gasteiger partial charge in [0.25, 0.3) is 0 Å². The molecule has 0 saturated heterocycles. The van der Waals surface area contributed by atoms with Crippen molar-refractivity contribution in [3.63, 3.8) is 0 Å². The van der Waals surface area contributed by atoms with Crippen molar-refractivity contribution in [1.29, 1.82) is 5.26 Å². The van der Waals surface area contributed by atoms with Crippen molar-refractivity contribution in [1.82, 2.24) is 15.0 Å². The molecule has 4 aromatic carbocycles. The zero-order valence-corrected chi connectivity index (χ0v) is 17.2. The first-order chi connectivity index (χ1) is 15.8. The van der Waals surface area contributed by atoms with Crippen molar-refractivity contribution >= 4 is 0 Å². The lowest BCUT2D eigenvalue weighted by atomic mass is 10.0. The van der Waals surface area contributed by atoms with Gasteiger partial charge < -0.3 is 0 Å². The molecule has 150 valence electrons. The van der Waals surface area contributed by atoms with E-state index in [2.05, 4.69) is 12.1 Å². The summed E-state index contributed by atoms with van der Waals surface area (Å²) in [6.07, 6.45) is 0. The summed E-state index contributed by atoms with van der Waals surface area (Å²) in [7, 11) is 0. The molecule has 0 N–H and O–H groups in total. The van der Waals surface area contributed by atoms with Crippen LogP contribution in [0.1, 0.15) is 5.56 Å². The molecule has 0 aliphatic rings. The molecule has 1 heterocycles. The highest BCUT2D eigenvalue weighted by molar-refractivity contribution is 5.73. The third-order valence-electron chi connectivity index (χ3n) is 5.15. The summed E-state index contributed by atoms with van der Waals surface area (Å²) in [5.74, 6) is 1.87. The largest absolute Gasteiger partial charge is 0.208 e. The van der Waals surface area contributed by atoms with E-state index in [4.69, 9.17) is 15.0 Å². The molecule has 0 bridgehead atoms. The van der Waals surface area contributed by atoms with Gasteiger partial charge in [0.2, 0.25) is 0 Å². The van der Waals surface area contributed by atoms with Crippen molar-refractivity contribution < 1.29 is 0 Å². The van der Waals surface area contributed by atoms with Gasteiger partial charge >= 0.3 is 0 Å². The maximum Gasteiger partial charge on any atom is 0.164 e. The molecule has 0 spiro atoms. The van der Waals surface area contributed by atoms with Crippen LogP contribution in [-0.2, 0) is 0 Å². The molecule has 0 amide bonds. The predicted molar refractivity (Wildman–Crippen MR) is 126 cm³/mol. The number of rotatable bonds is 4. The highest BCUT2D eigenvalue weighted by Crippen LogP contribution is 2.28. The Kier molecular flexibility index (Phi) is 5.22. The zero-order valence-electron chi connectivity index (χ0n) is 17.2. The van der Waals surface area contributed by atoms with Gasteiger partial charge in [-0.3, -0.25) is 0 Å². The zero-order chi connectivity index (χ0) is 21.8. The summed E-state index contributed by atoms with van der Waals surface area (Å²) in [6.45, 7) is 0. The molecule has 4 heteroatoms. The molecule has 0 radical (unpaired) electrons. The van der Waals surface area contributed by atoms with Crippen molar-refractivity contribution in [2.45, 2.75) is 0 Å². The summed E-state index contributed by atoms with van der Waals surface area (Å²) >= 11 is 0. The Morgan fingerprint density at radius 2 is 0.875 bits per heavy atom. The van der Waals surface area contributed by atoms with Gasteiger partial charge in [-0.1, -0.05) is 91.0 Å². The summed E-state index contributed by atoms with van der Waals surface area (Å²) in [4.78, 5) is 14.3. The minimum absolute atomic E-state index is 0.607. The number of hydrogen-bond donors (Lipinski definition) is 0. The summed E-state index contributed by atoms with van der Waals surface area (Å²) in [5, 5.41) is 9.24. The minimum Gasteiger partial charge on any atom is -0.208 e. The minimum atomic E-state index is 0.607. The lowest BCUT2D eigenvalue weighted by molar-refractivity contribution is 1.07. The predicted octanol–water partition coefficient (Wildman–Crippen LogP) is 6.41. The number of hydrogen-bond acceptors (Lipinski definition) is 4. The van der Waals surface area contributed by atoms with Crippen LogP contribution < -0.4 is 0 Å². The highest BCUT2D eigenvalue weighted by atomic mass is 15.0. The van der Waals surface area contributed by atoms with Crippen molar-refractivity contribution in [2.75, 3.05) is 0 Å². The van der Waals surface area contributed by atoms with E-state index in [1.165, 1.54) is 0 Å². The Morgan fingerprint density at radius 3 is 1.44 bits per heavy atom. The maximum atomic E-state index is 9.24. The number of aromatic nitrogens is 3. The summed E-state index contributed by atoms with van der Waals surface area (Å²) < 4.78 is 0. The summed E-state index contributed by atoms with van der Waals surface area (Å²) in [6, 6.07) is 37.7. The van der Waals surface area contributed by atoms with Crippen LogP contribution in [0.2, 0.25) is 0 Å². The average molecular weight is 410 g/mol. The topological polar surface area (TPSA) is 62.5 Å². The molecule has 4 nitrogen and oxygen atoms in total. The van der Waals surface area contributed by atoms with Gasteiger partial charge in [-0.15, -0.1) is 0 Å². The van der Waals surface area contributed by atoms with Crippen LogP contribution in [0.5, 0.6) is 0 Å². The SMILES string of the molecule is N#Cc1cccc(-c2cccc(-c3nc(-c4ccccc4)nc(-c4ccccc4)n3)c2)c1. The molecular formula is C28H18N4. The molecule has 0 atom stereocenters. The van der Waals surface area contributed by atoms with Crippen LogP contribution >= 0.6 is 0 Å². The van der Waals surface area contributed by atoms with Crippen LogP contribution in [0, 0.1) is 11.3 Å². The van der Waals surface area contributed by atoms with Crippen molar-refractivity contribution in [2.24, 2.45) is 0 Å². The van der Waals surface area contributed by atoms with Crippen LogP contribution in [-0.4, -0.2) is 15.0 Å². The number of nitrogens with zero attached hydrogens (tertiary/aromatic N) is 4. The molecular weight excluding hydrogens is 392 g/mol. The summed E-state index contributed by atoms with van der Waals surface area (Å²) in [5.41, 5.74) is 5.37. The fraction of sp³-hybridized carbons (Fsp3) is 0. The van der Waals surface area contributed by atoms with E-state index in [0.29, 0.717) is 23.0 Å². The quantitative estimate of drug-likeness (QED) is 0.343. The van der Waals surface area contributed by atoms with Crippen LogP contribution in [0.3, 0.4) is 0 Å². The first kappa shape index (κ1) is 19.3. The van der Waals surface area contributed by atoms with E-state index in [-0.39, 0.29) is 0 Å². The fourth-order valence-electron chi connectivity index (χ4n) is 3.54. The Balaban J connectivity index is 1.65. The average Bonchev–Trinajstić information content (AvgIpc) is 2.89. The molecule has 1 aromatic heterocycles. The lowest BCUT2D eigenvalue weighted by Crippen LogP contribution is -2.00. The second-order valence-electron chi connectivity index (χ2n) is 7.31. The standard InChI is InChI=1S/C28H18N4/c29-19-20-9-7-14-23(17-20)24-15-8-16-25(18-24)28-31-26(21-10-3-1-4-11-21)30-27(32-28)22-12-5-2-6-13-22/h1-18H. The van der Waals surface area contributed by atoms with Gasteiger partial charge in [0, 0.05) is 16.7 Å². The highest BCUT2D eigenvalue weighted by Gasteiger charge is 2.12. The van der Waals surface area contributed by atoms with Crippen molar-refractivity contribution in [3.05, 3.63) is 115 Å². The lowest BCUT2D eigenvalue weighted by Gasteiger charge is -2.09. The molecule has 0 aliphatic heterocycles. The molecule has 0 saturated carbocycles. The first-order valence-corrected chi connectivity index (χ1v) is 10.3. The fourth-order valence-corrected chi connectivity index (χ4v) is 3.54. The Morgan fingerprint density at radius 1 is 0.438 bits per heavy atom. The van der Waals surface area contributed by atoms with E-state index in [0.717, 1.165) is 27.8 Å². The third kappa shape index (κ3) is 4.00. The number of benzene rings is 4. The van der Waals surface area contributed by atoms with Gasteiger partial charge in [0.15, 0.2) is 17.5 Å². The smallest absolute Gasteiger partial charge is 0.164 e. The molecule has 5 rings (SSSR count). The van der Waals surface area contributed by atoms with Gasteiger partial charge in [0.1, 0.15) is 0 Å². The second kappa shape index (κ2) is 8.63.